The Hall–Kier alpha value is -1.36. The highest BCUT2D eigenvalue weighted by molar-refractivity contribution is 5.32. The molecule has 0 saturated carbocycles. The van der Waals surface area contributed by atoms with Crippen LogP contribution in [0.2, 0.25) is 0 Å². The number of anilines is 1. The fraction of sp³-hybridized carbons (Fsp3) is 0.667. The molecule has 1 N–H and O–H groups in total. The van der Waals surface area contributed by atoms with E-state index in [0.717, 1.165) is 12.8 Å². The first-order chi connectivity index (χ1) is 8.22. The lowest BCUT2D eigenvalue weighted by molar-refractivity contribution is 0.182. The molecule has 96 valence electrons. The van der Waals surface area contributed by atoms with Gasteiger partial charge in [-0.25, -0.2) is 4.98 Å². The first kappa shape index (κ1) is 13.7. The number of nitrogens with one attached hydrogen (secondary N) is 1. The topological polar surface area (TPSA) is 56.1 Å². The Morgan fingerprint density at radius 2 is 2.29 bits per heavy atom. The minimum absolute atomic E-state index is 0.0767. The van der Waals surface area contributed by atoms with Gasteiger partial charge in [0, 0.05) is 26.0 Å². The number of hydrogen-bond donors (Lipinski definition) is 1. The number of aryl methyl sites for hydroxylation is 1. The molecule has 1 aromatic heterocycles. The van der Waals surface area contributed by atoms with Crippen molar-refractivity contribution in [3.8, 4) is 0 Å². The summed E-state index contributed by atoms with van der Waals surface area (Å²) in [5.74, 6) is 0.407. The van der Waals surface area contributed by atoms with Crippen LogP contribution in [0, 0.1) is 0 Å². The average Bonchev–Trinajstić information content (AvgIpc) is 2.32. The number of hydrogen-bond acceptors (Lipinski definition) is 4. The van der Waals surface area contributed by atoms with Gasteiger partial charge in [0.1, 0.15) is 0 Å². The molecule has 1 unspecified atom stereocenters. The van der Waals surface area contributed by atoms with E-state index in [1.165, 1.54) is 0 Å². The monoisotopic (exact) mass is 239 g/mol. The van der Waals surface area contributed by atoms with Gasteiger partial charge < -0.3 is 14.6 Å². The molecule has 5 heteroatoms. The van der Waals surface area contributed by atoms with Crippen LogP contribution in [0.25, 0.3) is 0 Å². The van der Waals surface area contributed by atoms with E-state index in [1.807, 2.05) is 6.92 Å². The summed E-state index contributed by atoms with van der Waals surface area (Å²) in [5.41, 5.74) is -0.0767. The van der Waals surface area contributed by atoms with Crippen molar-refractivity contribution in [3.63, 3.8) is 0 Å². The second-order valence-corrected chi connectivity index (χ2v) is 3.95. The van der Waals surface area contributed by atoms with E-state index in [0.29, 0.717) is 19.0 Å². The summed E-state index contributed by atoms with van der Waals surface area (Å²) in [6.45, 7) is 5.27. The molecule has 0 aliphatic rings. The summed E-state index contributed by atoms with van der Waals surface area (Å²) in [6, 6.07) is 0.137. The third-order valence-corrected chi connectivity index (χ3v) is 2.60. The van der Waals surface area contributed by atoms with E-state index in [9.17, 15) is 4.79 Å². The average molecular weight is 239 g/mol. The first-order valence-electron chi connectivity index (χ1n) is 6.03. The van der Waals surface area contributed by atoms with Gasteiger partial charge >= 0.3 is 0 Å². The van der Waals surface area contributed by atoms with E-state index in [1.54, 1.807) is 24.1 Å². The standard InChI is InChI=1S/C12H21N3O2/c1-4-6-10(9-17-3)14-11-12(16)15(5-2)8-7-13-11/h7-8,10H,4-6,9H2,1-3H3,(H,13,14). The van der Waals surface area contributed by atoms with Crippen molar-refractivity contribution in [1.29, 1.82) is 0 Å². The number of rotatable bonds is 7. The molecule has 0 aliphatic heterocycles. The fourth-order valence-corrected chi connectivity index (χ4v) is 1.74. The van der Waals surface area contributed by atoms with Gasteiger partial charge in [0.2, 0.25) is 0 Å². The lowest BCUT2D eigenvalue weighted by Crippen LogP contribution is -2.31. The maximum absolute atomic E-state index is 11.9. The van der Waals surface area contributed by atoms with Gasteiger partial charge in [0.25, 0.3) is 5.56 Å². The van der Waals surface area contributed by atoms with E-state index in [-0.39, 0.29) is 11.6 Å². The molecule has 1 rings (SSSR count). The molecule has 0 aliphatic carbocycles. The fourth-order valence-electron chi connectivity index (χ4n) is 1.74. The van der Waals surface area contributed by atoms with Crippen molar-refractivity contribution in [1.82, 2.24) is 9.55 Å². The molecule has 5 nitrogen and oxygen atoms in total. The Labute approximate surface area is 102 Å². The van der Waals surface area contributed by atoms with Crippen LogP contribution in [-0.4, -0.2) is 29.3 Å². The Morgan fingerprint density at radius 3 is 2.88 bits per heavy atom. The van der Waals surface area contributed by atoms with Gasteiger partial charge in [0.05, 0.1) is 12.6 Å². The molecule has 0 aromatic carbocycles. The van der Waals surface area contributed by atoms with Crippen LogP contribution < -0.4 is 10.9 Å². The quantitative estimate of drug-likeness (QED) is 0.783. The van der Waals surface area contributed by atoms with Crippen molar-refractivity contribution in [2.24, 2.45) is 0 Å². The molecule has 0 saturated heterocycles. The highest BCUT2D eigenvalue weighted by Crippen LogP contribution is 2.04. The minimum atomic E-state index is -0.0767. The molecule has 0 spiro atoms. The van der Waals surface area contributed by atoms with Crippen LogP contribution in [0.5, 0.6) is 0 Å². The molecule has 0 radical (unpaired) electrons. The second kappa shape index (κ2) is 7.06. The molecule has 0 amide bonds. The lowest BCUT2D eigenvalue weighted by atomic mass is 10.2. The normalized spacial score (nSPS) is 12.4. The first-order valence-corrected chi connectivity index (χ1v) is 6.03. The maximum Gasteiger partial charge on any atom is 0.293 e. The van der Waals surface area contributed by atoms with Crippen LogP contribution in [0.1, 0.15) is 26.7 Å². The summed E-state index contributed by atoms with van der Waals surface area (Å²) in [5, 5.41) is 3.15. The van der Waals surface area contributed by atoms with Gasteiger partial charge in [0.15, 0.2) is 5.82 Å². The zero-order valence-electron chi connectivity index (χ0n) is 10.8. The summed E-state index contributed by atoms with van der Waals surface area (Å²) in [6.07, 6.45) is 5.33. The summed E-state index contributed by atoms with van der Waals surface area (Å²) >= 11 is 0. The Bertz CT molecular complexity index is 384. The molecule has 1 atom stereocenters. The summed E-state index contributed by atoms with van der Waals surface area (Å²) in [7, 11) is 1.66. The Kier molecular flexibility index (Phi) is 5.69. The van der Waals surface area contributed by atoms with Crippen LogP contribution in [0.4, 0.5) is 5.82 Å². The molecule has 0 bridgehead atoms. The van der Waals surface area contributed by atoms with Gasteiger partial charge in [-0.1, -0.05) is 13.3 Å². The zero-order valence-corrected chi connectivity index (χ0v) is 10.8. The molecular formula is C12H21N3O2. The highest BCUT2D eigenvalue weighted by atomic mass is 16.5. The summed E-state index contributed by atoms with van der Waals surface area (Å²) in [4.78, 5) is 16.0. The summed E-state index contributed by atoms with van der Waals surface area (Å²) < 4.78 is 6.76. The van der Waals surface area contributed by atoms with E-state index >= 15 is 0 Å². The van der Waals surface area contributed by atoms with Crippen LogP contribution >= 0.6 is 0 Å². The van der Waals surface area contributed by atoms with Crippen molar-refractivity contribution in [2.75, 3.05) is 19.0 Å². The predicted molar refractivity (Wildman–Crippen MR) is 68.4 cm³/mol. The molecule has 0 fully saturated rings. The van der Waals surface area contributed by atoms with Gasteiger partial charge in [-0.05, 0) is 13.3 Å². The number of ether oxygens (including phenoxy) is 1. The smallest absolute Gasteiger partial charge is 0.293 e. The van der Waals surface area contributed by atoms with E-state index in [2.05, 4.69) is 17.2 Å². The minimum Gasteiger partial charge on any atom is -0.383 e. The van der Waals surface area contributed by atoms with Crippen LogP contribution in [0.3, 0.4) is 0 Å². The SMILES string of the molecule is CCCC(COC)Nc1nccn(CC)c1=O. The van der Waals surface area contributed by atoms with Crippen molar-refractivity contribution < 1.29 is 4.74 Å². The van der Waals surface area contributed by atoms with Crippen LogP contribution in [0.15, 0.2) is 17.2 Å². The van der Waals surface area contributed by atoms with Crippen molar-refractivity contribution in [2.45, 2.75) is 39.3 Å². The second-order valence-electron chi connectivity index (χ2n) is 3.95. The van der Waals surface area contributed by atoms with Crippen LogP contribution in [-0.2, 0) is 11.3 Å². The molecule has 17 heavy (non-hydrogen) atoms. The zero-order chi connectivity index (χ0) is 12.7. The van der Waals surface area contributed by atoms with Crippen molar-refractivity contribution >= 4 is 5.82 Å². The van der Waals surface area contributed by atoms with Crippen molar-refractivity contribution in [3.05, 3.63) is 22.7 Å². The number of aromatic nitrogens is 2. The lowest BCUT2D eigenvalue weighted by Gasteiger charge is -2.17. The largest absolute Gasteiger partial charge is 0.383 e. The molecular weight excluding hydrogens is 218 g/mol. The highest BCUT2D eigenvalue weighted by Gasteiger charge is 2.11. The van der Waals surface area contributed by atoms with Gasteiger partial charge in [-0.3, -0.25) is 4.79 Å². The maximum atomic E-state index is 11.9. The Balaban J connectivity index is 2.81. The third-order valence-electron chi connectivity index (χ3n) is 2.60. The Morgan fingerprint density at radius 1 is 1.53 bits per heavy atom. The third kappa shape index (κ3) is 3.85. The van der Waals surface area contributed by atoms with E-state index < -0.39 is 0 Å². The predicted octanol–water partition coefficient (Wildman–Crippen LogP) is 1.49. The number of methoxy groups -OCH3 is 1. The van der Waals surface area contributed by atoms with Gasteiger partial charge in [-0.2, -0.15) is 0 Å². The molecule has 1 heterocycles. The van der Waals surface area contributed by atoms with Gasteiger partial charge in [-0.15, -0.1) is 0 Å². The number of nitrogens with zero attached hydrogens (tertiary/aromatic N) is 2. The van der Waals surface area contributed by atoms with E-state index in [4.69, 9.17) is 4.74 Å². The molecule has 1 aromatic rings.